The predicted molar refractivity (Wildman–Crippen MR) is 79.2 cm³/mol. The number of ketones is 1. The summed E-state index contributed by atoms with van der Waals surface area (Å²) in [5.74, 6) is 0.688. The maximum absolute atomic E-state index is 13.6. The van der Waals surface area contributed by atoms with Crippen molar-refractivity contribution in [3.63, 3.8) is 0 Å². The van der Waals surface area contributed by atoms with E-state index in [2.05, 4.69) is 13.8 Å². The Morgan fingerprint density at radius 1 is 1.24 bits per heavy atom. The summed E-state index contributed by atoms with van der Waals surface area (Å²) >= 11 is 0. The maximum atomic E-state index is 13.6. The third kappa shape index (κ3) is 4.27. The minimum atomic E-state index is -0.525. The highest BCUT2D eigenvalue weighted by Gasteiger charge is 2.25. The minimum absolute atomic E-state index is 0.00980. The molecule has 2 rings (SSSR count). The highest BCUT2D eigenvalue weighted by Crippen LogP contribution is 2.30. The molecule has 0 spiro atoms. The van der Waals surface area contributed by atoms with Crippen LogP contribution in [0.3, 0.4) is 0 Å². The number of ether oxygens (including phenoxy) is 2. The second kappa shape index (κ2) is 7.03. The van der Waals surface area contributed by atoms with E-state index in [1.54, 1.807) is 6.07 Å². The number of carbonyl (C=O) groups excluding carboxylic acids is 1. The first-order valence-electron chi connectivity index (χ1n) is 7.48. The summed E-state index contributed by atoms with van der Waals surface area (Å²) in [4.78, 5) is 12.1. The summed E-state index contributed by atoms with van der Waals surface area (Å²) < 4.78 is 24.2. The standard InChI is InChI=1S/C17H23FO3/c1-11-6-12(2)8-14(7-11)21-10-16(19)13-4-5-17(20-3)15(18)9-13/h4-5,9,11-12,14H,6-8,10H2,1-3H3. The average Bonchev–Trinajstić information content (AvgIpc) is 2.43. The minimum Gasteiger partial charge on any atom is -0.494 e. The van der Waals surface area contributed by atoms with Crippen molar-refractivity contribution in [1.29, 1.82) is 0 Å². The molecule has 21 heavy (non-hydrogen) atoms. The van der Waals surface area contributed by atoms with E-state index in [1.807, 2.05) is 0 Å². The highest BCUT2D eigenvalue weighted by molar-refractivity contribution is 5.97. The topological polar surface area (TPSA) is 35.5 Å². The molecule has 0 saturated heterocycles. The van der Waals surface area contributed by atoms with Crippen LogP contribution in [0.5, 0.6) is 5.75 Å². The Labute approximate surface area is 125 Å². The molecule has 2 unspecified atom stereocenters. The summed E-state index contributed by atoms with van der Waals surface area (Å²) in [5.41, 5.74) is 0.324. The van der Waals surface area contributed by atoms with Crippen LogP contribution in [0.2, 0.25) is 0 Å². The van der Waals surface area contributed by atoms with Crippen molar-refractivity contribution in [1.82, 2.24) is 0 Å². The molecule has 116 valence electrons. The van der Waals surface area contributed by atoms with Crippen molar-refractivity contribution in [3.8, 4) is 5.75 Å². The molecule has 1 saturated carbocycles. The van der Waals surface area contributed by atoms with E-state index in [4.69, 9.17) is 9.47 Å². The fourth-order valence-electron chi connectivity index (χ4n) is 3.13. The van der Waals surface area contributed by atoms with Gasteiger partial charge in [-0.3, -0.25) is 4.79 Å². The summed E-state index contributed by atoms with van der Waals surface area (Å²) in [6, 6.07) is 4.24. The van der Waals surface area contributed by atoms with Gasteiger partial charge in [-0.2, -0.15) is 0 Å². The van der Waals surface area contributed by atoms with Gasteiger partial charge in [0.05, 0.1) is 13.2 Å². The molecule has 4 heteroatoms. The Kier molecular flexibility index (Phi) is 5.34. The van der Waals surface area contributed by atoms with Gasteiger partial charge in [0.25, 0.3) is 0 Å². The Bertz CT molecular complexity index is 491. The van der Waals surface area contributed by atoms with E-state index in [0.29, 0.717) is 17.4 Å². The number of hydrogen-bond donors (Lipinski definition) is 0. The largest absolute Gasteiger partial charge is 0.494 e. The third-order valence-electron chi connectivity index (χ3n) is 4.06. The second-order valence-corrected chi connectivity index (χ2v) is 6.12. The van der Waals surface area contributed by atoms with Gasteiger partial charge in [-0.1, -0.05) is 13.8 Å². The van der Waals surface area contributed by atoms with Crippen molar-refractivity contribution >= 4 is 5.78 Å². The van der Waals surface area contributed by atoms with Gasteiger partial charge >= 0.3 is 0 Å². The molecule has 1 aliphatic carbocycles. The zero-order valence-corrected chi connectivity index (χ0v) is 12.9. The lowest BCUT2D eigenvalue weighted by molar-refractivity contribution is 0.00561. The van der Waals surface area contributed by atoms with Gasteiger partial charge in [0.15, 0.2) is 17.3 Å². The molecule has 0 amide bonds. The Morgan fingerprint density at radius 2 is 1.90 bits per heavy atom. The van der Waals surface area contributed by atoms with Crippen molar-refractivity contribution in [2.24, 2.45) is 11.8 Å². The van der Waals surface area contributed by atoms with Crippen LogP contribution in [0.1, 0.15) is 43.5 Å². The van der Waals surface area contributed by atoms with Gasteiger partial charge in [0.2, 0.25) is 0 Å². The zero-order valence-electron chi connectivity index (χ0n) is 12.9. The molecule has 3 nitrogen and oxygen atoms in total. The van der Waals surface area contributed by atoms with Gasteiger partial charge < -0.3 is 9.47 Å². The van der Waals surface area contributed by atoms with E-state index in [-0.39, 0.29) is 24.2 Å². The molecule has 0 N–H and O–H groups in total. The quantitative estimate of drug-likeness (QED) is 0.774. The van der Waals surface area contributed by atoms with E-state index in [9.17, 15) is 9.18 Å². The van der Waals surface area contributed by atoms with Crippen molar-refractivity contribution < 1.29 is 18.7 Å². The molecule has 2 atom stereocenters. The summed E-state index contributed by atoms with van der Waals surface area (Å²) in [6.45, 7) is 4.44. The lowest BCUT2D eigenvalue weighted by Gasteiger charge is -2.31. The van der Waals surface area contributed by atoms with Crippen LogP contribution in [-0.2, 0) is 4.74 Å². The molecule has 1 aliphatic rings. The first kappa shape index (κ1) is 16.0. The molecular weight excluding hydrogens is 271 g/mol. The fraction of sp³-hybridized carbons (Fsp3) is 0.588. The van der Waals surface area contributed by atoms with Crippen LogP contribution < -0.4 is 4.74 Å². The molecule has 1 aromatic rings. The first-order valence-corrected chi connectivity index (χ1v) is 7.48. The second-order valence-electron chi connectivity index (χ2n) is 6.12. The number of carbonyl (C=O) groups is 1. The van der Waals surface area contributed by atoms with Crippen molar-refractivity contribution in [2.45, 2.75) is 39.2 Å². The third-order valence-corrected chi connectivity index (χ3v) is 4.06. The zero-order chi connectivity index (χ0) is 15.4. The van der Waals surface area contributed by atoms with Crippen LogP contribution in [-0.4, -0.2) is 25.6 Å². The van der Waals surface area contributed by atoms with Gasteiger partial charge in [0, 0.05) is 5.56 Å². The molecule has 0 radical (unpaired) electrons. The molecule has 0 bridgehead atoms. The molecule has 1 aromatic carbocycles. The number of rotatable bonds is 5. The number of Topliss-reactive ketones (excluding diaryl/α,β-unsaturated/α-hetero) is 1. The number of methoxy groups -OCH3 is 1. The maximum Gasteiger partial charge on any atom is 0.188 e. The summed E-state index contributed by atoms with van der Waals surface area (Å²) in [7, 11) is 1.40. The van der Waals surface area contributed by atoms with E-state index in [0.717, 1.165) is 12.8 Å². The number of halogens is 1. The van der Waals surface area contributed by atoms with Crippen LogP contribution >= 0.6 is 0 Å². The Balaban J connectivity index is 1.91. The number of benzene rings is 1. The molecule has 0 aromatic heterocycles. The monoisotopic (exact) mass is 294 g/mol. The van der Waals surface area contributed by atoms with Gasteiger partial charge in [-0.05, 0) is 49.3 Å². The van der Waals surface area contributed by atoms with E-state index >= 15 is 0 Å². The molecule has 0 aliphatic heterocycles. The lowest BCUT2D eigenvalue weighted by atomic mass is 9.82. The van der Waals surface area contributed by atoms with Crippen molar-refractivity contribution in [3.05, 3.63) is 29.6 Å². The van der Waals surface area contributed by atoms with Crippen LogP contribution in [0.25, 0.3) is 0 Å². The highest BCUT2D eigenvalue weighted by atomic mass is 19.1. The van der Waals surface area contributed by atoms with Crippen LogP contribution in [0, 0.1) is 17.7 Å². The molecule has 0 heterocycles. The summed E-state index contributed by atoms with van der Waals surface area (Å²) in [5, 5.41) is 0. The molecule has 1 fully saturated rings. The SMILES string of the molecule is COc1ccc(C(=O)COC2CC(C)CC(C)C2)cc1F. The Hall–Kier alpha value is -1.42. The van der Waals surface area contributed by atoms with Crippen LogP contribution in [0.4, 0.5) is 4.39 Å². The van der Waals surface area contributed by atoms with E-state index in [1.165, 1.54) is 25.7 Å². The first-order chi connectivity index (χ1) is 9.99. The number of hydrogen-bond acceptors (Lipinski definition) is 3. The lowest BCUT2D eigenvalue weighted by Crippen LogP contribution is -2.28. The van der Waals surface area contributed by atoms with Gasteiger partial charge in [0.1, 0.15) is 6.61 Å². The van der Waals surface area contributed by atoms with E-state index < -0.39 is 5.82 Å². The predicted octanol–water partition coefficient (Wildman–Crippen LogP) is 3.86. The van der Waals surface area contributed by atoms with Crippen molar-refractivity contribution in [2.75, 3.05) is 13.7 Å². The average molecular weight is 294 g/mol. The fourth-order valence-corrected chi connectivity index (χ4v) is 3.13. The van der Waals surface area contributed by atoms with Gasteiger partial charge in [-0.25, -0.2) is 4.39 Å². The molecular formula is C17H23FO3. The summed E-state index contributed by atoms with van der Waals surface area (Å²) in [6.07, 6.45) is 3.34. The van der Waals surface area contributed by atoms with Crippen LogP contribution in [0.15, 0.2) is 18.2 Å². The normalized spacial score (nSPS) is 25.6. The van der Waals surface area contributed by atoms with Gasteiger partial charge in [-0.15, -0.1) is 0 Å². The Morgan fingerprint density at radius 3 is 2.48 bits per heavy atom. The smallest absolute Gasteiger partial charge is 0.188 e.